The van der Waals surface area contributed by atoms with Gasteiger partial charge < -0.3 is 11.1 Å². The SMILES string of the molecule is CC(=O)c1cccnc1C#Cc1c(N)ncnc1NCCc1nc2cccc(Cl)c2c(=O)n1-c1ccccc1. The Morgan fingerprint density at radius 2 is 1.85 bits per heavy atom. The van der Waals surface area contributed by atoms with Gasteiger partial charge in [-0.2, -0.15) is 0 Å². The molecule has 0 aliphatic carbocycles. The van der Waals surface area contributed by atoms with Gasteiger partial charge >= 0.3 is 0 Å². The second kappa shape index (κ2) is 11.1. The Bertz CT molecular complexity index is 1830. The highest BCUT2D eigenvalue weighted by molar-refractivity contribution is 6.35. The lowest BCUT2D eigenvalue weighted by atomic mass is 10.1. The molecular formula is C29H22ClN7O2. The number of nitrogens with two attached hydrogens (primary N) is 1. The van der Waals surface area contributed by atoms with Gasteiger partial charge in [0.05, 0.1) is 27.2 Å². The summed E-state index contributed by atoms with van der Waals surface area (Å²) >= 11 is 6.36. The molecule has 3 N–H and O–H groups in total. The van der Waals surface area contributed by atoms with Crippen molar-refractivity contribution in [2.45, 2.75) is 13.3 Å². The van der Waals surface area contributed by atoms with Gasteiger partial charge in [0, 0.05) is 19.2 Å². The molecule has 0 bridgehead atoms. The maximum absolute atomic E-state index is 13.5. The van der Waals surface area contributed by atoms with Crippen molar-refractivity contribution < 1.29 is 4.79 Å². The van der Waals surface area contributed by atoms with Crippen molar-refractivity contribution in [3.05, 3.63) is 111 Å². The van der Waals surface area contributed by atoms with E-state index in [-0.39, 0.29) is 17.2 Å². The lowest BCUT2D eigenvalue weighted by Crippen LogP contribution is -2.25. The molecule has 5 rings (SSSR count). The Morgan fingerprint density at radius 3 is 2.64 bits per heavy atom. The number of halogens is 1. The molecule has 0 atom stereocenters. The first kappa shape index (κ1) is 25.6. The molecule has 0 fully saturated rings. The van der Waals surface area contributed by atoms with Crippen LogP contribution in [-0.4, -0.2) is 36.8 Å². The number of nitrogens with zero attached hydrogens (tertiary/aromatic N) is 5. The number of hydrogen-bond acceptors (Lipinski definition) is 8. The molecule has 5 aromatic rings. The third-order valence-corrected chi connectivity index (χ3v) is 6.26. The van der Waals surface area contributed by atoms with Crippen LogP contribution in [0.25, 0.3) is 16.6 Å². The van der Waals surface area contributed by atoms with Gasteiger partial charge in [-0.1, -0.05) is 41.8 Å². The fourth-order valence-electron chi connectivity index (χ4n) is 4.11. The number of nitrogens with one attached hydrogen (secondary N) is 1. The zero-order chi connectivity index (χ0) is 27.4. The van der Waals surface area contributed by atoms with Crippen molar-refractivity contribution in [3.63, 3.8) is 0 Å². The number of ketones is 1. The van der Waals surface area contributed by atoms with Gasteiger partial charge in [-0.25, -0.2) is 19.9 Å². The van der Waals surface area contributed by atoms with Crippen molar-refractivity contribution in [2.24, 2.45) is 0 Å². The van der Waals surface area contributed by atoms with Crippen LogP contribution >= 0.6 is 11.6 Å². The maximum atomic E-state index is 13.5. The van der Waals surface area contributed by atoms with E-state index in [1.165, 1.54) is 13.3 Å². The van der Waals surface area contributed by atoms with Crippen molar-refractivity contribution in [3.8, 4) is 17.5 Å². The molecule has 39 heavy (non-hydrogen) atoms. The third-order valence-electron chi connectivity index (χ3n) is 5.94. The smallest absolute Gasteiger partial charge is 0.267 e. The Morgan fingerprint density at radius 1 is 1.03 bits per heavy atom. The largest absolute Gasteiger partial charge is 0.382 e. The summed E-state index contributed by atoms with van der Waals surface area (Å²) in [6.45, 7) is 1.82. The van der Waals surface area contributed by atoms with E-state index < -0.39 is 0 Å². The Kier molecular flexibility index (Phi) is 7.30. The molecule has 0 aliphatic rings. The highest BCUT2D eigenvalue weighted by Gasteiger charge is 2.15. The van der Waals surface area contributed by atoms with E-state index in [2.05, 4.69) is 32.1 Å². The summed E-state index contributed by atoms with van der Waals surface area (Å²) in [5.41, 5.74) is 8.18. The van der Waals surface area contributed by atoms with Crippen LogP contribution in [0.2, 0.25) is 5.02 Å². The number of rotatable bonds is 6. The summed E-state index contributed by atoms with van der Waals surface area (Å²) in [5.74, 6) is 6.86. The Hall–Kier alpha value is -5.07. The molecule has 0 unspecified atom stereocenters. The minimum atomic E-state index is -0.249. The van der Waals surface area contributed by atoms with Crippen molar-refractivity contribution in [1.82, 2.24) is 24.5 Å². The molecule has 10 heteroatoms. The average Bonchev–Trinajstić information content (AvgIpc) is 2.93. The summed E-state index contributed by atoms with van der Waals surface area (Å²) in [6.07, 6.45) is 3.27. The third kappa shape index (κ3) is 5.32. The van der Waals surface area contributed by atoms with Crippen LogP contribution < -0.4 is 16.6 Å². The maximum Gasteiger partial charge on any atom is 0.267 e. The van der Waals surface area contributed by atoms with Gasteiger partial charge in [-0.3, -0.25) is 14.2 Å². The zero-order valence-corrected chi connectivity index (χ0v) is 21.6. The number of nitrogen functional groups attached to an aromatic ring is 1. The predicted molar refractivity (Wildman–Crippen MR) is 151 cm³/mol. The normalized spacial score (nSPS) is 10.6. The molecule has 3 heterocycles. The van der Waals surface area contributed by atoms with E-state index in [9.17, 15) is 9.59 Å². The number of anilines is 2. The van der Waals surface area contributed by atoms with Gasteiger partial charge in [0.25, 0.3) is 5.56 Å². The lowest BCUT2D eigenvalue weighted by molar-refractivity contribution is 0.101. The van der Waals surface area contributed by atoms with Crippen LogP contribution in [0, 0.1) is 11.8 Å². The molecule has 0 radical (unpaired) electrons. The molecule has 0 aliphatic heterocycles. The first-order valence-electron chi connectivity index (χ1n) is 12.0. The molecule has 0 amide bonds. The number of para-hydroxylation sites is 1. The predicted octanol–water partition coefficient (Wildman–Crippen LogP) is 4.06. The summed E-state index contributed by atoms with van der Waals surface area (Å²) in [6, 6.07) is 17.8. The molecule has 0 spiro atoms. The number of Topliss-reactive ketones (excluding diaryl/α,β-unsaturated/α-hetero) is 1. The van der Waals surface area contributed by atoms with E-state index >= 15 is 0 Å². The molecule has 2 aromatic carbocycles. The minimum Gasteiger partial charge on any atom is -0.382 e. The number of fused-ring (bicyclic) bond motifs is 1. The lowest BCUT2D eigenvalue weighted by Gasteiger charge is -2.15. The van der Waals surface area contributed by atoms with Crippen LogP contribution in [0.3, 0.4) is 0 Å². The number of carbonyl (C=O) groups excluding carboxylic acids is 1. The van der Waals surface area contributed by atoms with Gasteiger partial charge in [-0.15, -0.1) is 0 Å². The first-order valence-corrected chi connectivity index (χ1v) is 12.4. The summed E-state index contributed by atoms with van der Waals surface area (Å²) < 4.78 is 1.56. The molecule has 192 valence electrons. The first-order chi connectivity index (χ1) is 18.9. The average molecular weight is 536 g/mol. The van der Waals surface area contributed by atoms with Crippen LogP contribution in [0.5, 0.6) is 0 Å². The monoisotopic (exact) mass is 535 g/mol. The standard InChI is InChI=1S/C29H22ClN7O2/c1-18(38)20-9-6-15-32-23(20)13-12-21-27(31)34-17-35-28(21)33-16-14-25-36-24-11-5-10-22(30)26(24)29(39)37(25)19-7-3-2-4-8-19/h2-11,15,17H,14,16H2,1H3,(H3,31,33,34,35). The number of pyridine rings is 1. The van der Waals surface area contributed by atoms with Crippen LogP contribution in [0.4, 0.5) is 11.6 Å². The minimum absolute atomic E-state index is 0.142. The van der Waals surface area contributed by atoms with Crippen LogP contribution in [-0.2, 0) is 6.42 Å². The summed E-state index contributed by atoms with van der Waals surface area (Å²) in [7, 11) is 0. The van der Waals surface area contributed by atoms with E-state index in [4.69, 9.17) is 22.3 Å². The number of hydrogen-bond donors (Lipinski definition) is 2. The van der Waals surface area contributed by atoms with Crippen molar-refractivity contribution >= 4 is 39.9 Å². The molecular weight excluding hydrogens is 514 g/mol. The number of benzene rings is 2. The van der Waals surface area contributed by atoms with Gasteiger partial charge in [0.15, 0.2) is 5.78 Å². The van der Waals surface area contributed by atoms with E-state index in [1.54, 1.807) is 41.1 Å². The second-order valence-electron chi connectivity index (χ2n) is 8.50. The van der Waals surface area contributed by atoms with Gasteiger partial charge in [0.1, 0.15) is 35.0 Å². The Balaban J connectivity index is 1.47. The highest BCUT2D eigenvalue weighted by atomic mass is 35.5. The molecule has 3 aromatic heterocycles. The molecule has 9 nitrogen and oxygen atoms in total. The summed E-state index contributed by atoms with van der Waals surface area (Å²) in [4.78, 5) is 42.8. The zero-order valence-electron chi connectivity index (χ0n) is 20.9. The molecule has 0 saturated heterocycles. The van der Waals surface area contributed by atoms with Gasteiger partial charge in [-0.05, 0) is 49.2 Å². The van der Waals surface area contributed by atoms with Gasteiger partial charge in [0.2, 0.25) is 0 Å². The Labute approximate surface area is 228 Å². The summed E-state index contributed by atoms with van der Waals surface area (Å²) in [5, 5.41) is 3.94. The van der Waals surface area contributed by atoms with E-state index in [0.29, 0.717) is 63.0 Å². The van der Waals surface area contributed by atoms with Crippen molar-refractivity contribution in [2.75, 3.05) is 17.6 Å². The number of aromatic nitrogens is 5. The fraction of sp³-hybridized carbons (Fsp3) is 0.103. The molecule has 0 saturated carbocycles. The van der Waals surface area contributed by atoms with Crippen molar-refractivity contribution in [1.29, 1.82) is 0 Å². The van der Waals surface area contributed by atoms with E-state index in [0.717, 1.165) is 0 Å². The second-order valence-corrected chi connectivity index (χ2v) is 8.91. The quantitative estimate of drug-likeness (QED) is 0.246. The topological polar surface area (TPSA) is 129 Å². The van der Waals surface area contributed by atoms with Crippen LogP contribution in [0.1, 0.15) is 34.4 Å². The van der Waals surface area contributed by atoms with E-state index in [1.807, 2.05) is 30.3 Å². The van der Waals surface area contributed by atoms with Crippen LogP contribution in [0.15, 0.2) is 78.0 Å². The highest BCUT2D eigenvalue weighted by Crippen LogP contribution is 2.21. The number of carbonyl (C=O) groups is 1. The fourth-order valence-corrected chi connectivity index (χ4v) is 4.36.